The molecule has 0 amide bonds. The Labute approximate surface area is 128 Å². The van der Waals surface area contributed by atoms with Gasteiger partial charge in [0.15, 0.2) is 0 Å². The third-order valence-corrected chi connectivity index (χ3v) is 3.40. The minimum atomic E-state index is 0.615. The van der Waals surface area contributed by atoms with Crippen LogP contribution in [0.2, 0.25) is 0 Å². The second kappa shape index (κ2) is 5.93. The summed E-state index contributed by atoms with van der Waals surface area (Å²) in [6.45, 7) is 2.49. The Kier molecular flexibility index (Phi) is 3.82. The van der Waals surface area contributed by atoms with Crippen LogP contribution in [0.3, 0.4) is 0 Å². The maximum atomic E-state index is 5.29. The third-order valence-electron chi connectivity index (χ3n) is 3.40. The topological polar surface area (TPSA) is 72.1 Å². The molecular formula is C16H18N4O2. The van der Waals surface area contributed by atoms with Crippen LogP contribution in [0.5, 0.6) is 11.5 Å². The van der Waals surface area contributed by atoms with Gasteiger partial charge in [-0.15, -0.1) is 0 Å². The van der Waals surface area contributed by atoms with E-state index in [0.717, 1.165) is 39.7 Å². The van der Waals surface area contributed by atoms with Crippen molar-refractivity contribution in [2.75, 3.05) is 19.5 Å². The summed E-state index contributed by atoms with van der Waals surface area (Å²) in [5, 5.41) is 4.32. The van der Waals surface area contributed by atoms with E-state index in [2.05, 4.69) is 20.3 Å². The normalized spacial score (nSPS) is 10.7. The number of aromatic amines is 1. The second-order valence-corrected chi connectivity index (χ2v) is 4.93. The van der Waals surface area contributed by atoms with E-state index in [4.69, 9.17) is 9.47 Å². The van der Waals surface area contributed by atoms with Gasteiger partial charge in [0.25, 0.3) is 0 Å². The monoisotopic (exact) mass is 298 g/mol. The number of hydrogen-bond donors (Lipinski definition) is 2. The molecule has 6 heteroatoms. The van der Waals surface area contributed by atoms with E-state index in [-0.39, 0.29) is 0 Å². The number of hydrogen-bond acceptors (Lipinski definition) is 5. The summed E-state index contributed by atoms with van der Waals surface area (Å²) in [6.07, 6.45) is 1.86. The first kappa shape index (κ1) is 14.2. The first-order valence-electron chi connectivity index (χ1n) is 6.97. The maximum Gasteiger partial charge on any atom is 0.143 e. The number of nitrogens with zero attached hydrogens (tertiary/aromatic N) is 2. The molecule has 0 atom stereocenters. The Morgan fingerprint density at radius 2 is 1.82 bits per heavy atom. The van der Waals surface area contributed by atoms with Crippen LogP contribution < -0.4 is 14.8 Å². The summed E-state index contributed by atoms with van der Waals surface area (Å²) < 4.78 is 10.6. The summed E-state index contributed by atoms with van der Waals surface area (Å²) in [6, 6.07) is 7.75. The van der Waals surface area contributed by atoms with Crippen molar-refractivity contribution >= 4 is 16.9 Å². The predicted octanol–water partition coefficient (Wildman–Crippen LogP) is 2.90. The van der Waals surface area contributed by atoms with Crippen LogP contribution in [0, 0.1) is 6.92 Å². The lowest BCUT2D eigenvalue weighted by Crippen LogP contribution is -2.04. The molecule has 0 aliphatic carbocycles. The Balaban J connectivity index is 1.86. The van der Waals surface area contributed by atoms with Crippen LogP contribution in [-0.2, 0) is 6.54 Å². The smallest absolute Gasteiger partial charge is 0.143 e. The fraction of sp³-hybridized carbons (Fsp3) is 0.250. The molecule has 0 spiro atoms. The Morgan fingerprint density at radius 1 is 1.09 bits per heavy atom. The average molecular weight is 298 g/mol. The number of ether oxygens (including phenoxy) is 2. The zero-order chi connectivity index (χ0) is 15.5. The van der Waals surface area contributed by atoms with Crippen molar-refractivity contribution in [2.45, 2.75) is 13.5 Å². The van der Waals surface area contributed by atoms with Crippen LogP contribution in [0.4, 0.5) is 5.82 Å². The SMILES string of the molecule is COc1cc(CNc2nc(C)nc3[nH]ccc23)cc(OC)c1. The number of benzene rings is 1. The van der Waals surface area contributed by atoms with Crippen LogP contribution >= 0.6 is 0 Å². The highest BCUT2D eigenvalue weighted by atomic mass is 16.5. The van der Waals surface area contributed by atoms with Crippen molar-refractivity contribution in [1.29, 1.82) is 0 Å². The van der Waals surface area contributed by atoms with Crippen molar-refractivity contribution in [2.24, 2.45) is 0 Å². The lowest BCUT2D eigenvalue weighted by molar-refractivity contribution is 0.393. The number of rotatable bonds is 5. The van der Waals surface area contributed by atoms with E-state index in [1.807, 2.05) is 37.4 Å². The maximum absolute atomic E-state index is 5.29. The number of aryl methyl sites for hydroxylation is 1. The first-order chi connectivity index (χ1) is 10.7. The van der Waals surface area contributed by atoms with Crippen molar-refractivity contribution < 1.29 is 9.47 Å². The van der Waals surface area contributed by atoms with Crippen molar-refractivity contribution in [1.82, 2.24) is 15.0 Å². The van der Waals surface area contributed by atoms with Crippen LogP contribution in [0.15, 0.2) is 30.5 Å². The fourth-order valence-corrected chi connectivity index (χ4v) is 2.34. The Hall–Kier alpha value is -2.76. The molecule has 0 unspecified atom stereocenters. The standard InChI is InChI=1S/C16H18N4O2/c1-10-19-15-14(4-5-17-15)16(20-10)18-9-11-6-12(21-2)8-13(7-11)22-3/h4-8H,9H2,1-3H3,(H2,17,18,19,20). The summed E-state index contributed by atoms with van der Waals surface area (Å²) >= 11 is 0. The lowest BCUT2D eigenvalue weighted by Gasteiger charge is -2.11. The van der Waals surface area contributed by atoms with Gasteiger partial charge in [-0.3, -0.25) is 0 Å². The predicted molar refractivity (Wildman–Crippen MR) is 85.5 cm³/mol. The van der Waals surface area contributed by atoms with E-state index in [1.54, 1.807) is 14.2 Å². The highest BCUT2D eigenvalue weighted by Gasteiger charge is 2.07. The van der Waals surface area contributed by atoms with Gasteiger partial charge in [-0.1, -0.05) is 0 Å². The molecule has 0 fully saturated rings. The van der Waals surface area contributed by atoms with E-state index in [0.29, 0.717) is 6.54 Å². The Morgan fingerprint density at radius 3 is 2.50 bits per heavy atom. The van der Waals surface area contributed by atoms with E-state index >= 15 is 0 Å². The molecule has 2 N–H and O–H groups in total. The van der Waals surface area contributed by atoms with Crippen molar-refractivity contribution in [3.05, 3.63) is 41.9 Å². The number of H-pyrrole nitrogens is 1. The summed E-state index contributed by atoms with van der Waals surface area (Å²) in [7, 11) is 3.28. The minimum absolute atomic E-state index is 0.615. The number of fused-ring (bicyclic) bond motifs is 1. The highest BCUT2D eigenvalue weighted by molar-refractivity contribution is 5.86. The van der Waals surface area contributed by atoms with Gasteiger partial charge in [0.2, 0.25) is 0 Å². The van der Waals surface area contributed by atoms with Gasteiger partial charge in [-0.25, -0.2) is 9.97 Å². The van der Waals surface area contributed by atoms with Gasteiger partial charge in [-0.05, 0) is 30.7 Å². The number of anilines is 1. The van der Waals surface area contributed by atoms with Gasteiger partial charge >= 0.3 is 0 Å². The van der Waals surface area contributed by atoms with Crippen molar-refractivity contribution in [3.63, 3.8) is 0 Å². The molecular weight excluding hydrogens is 280 g/mol. The van der Waals surface area contributed by atoms with Crippen LogP contribution in [-0.4, -0.2) is 29.2 Å². The zero-order valence-electron chi connectivity index (χ0n) is 12.8. The van der Waals surface area contributed by atoms with Gasteiger partial charge in [0.05, 0.1) is 19.6 Å². The molecule has 6 nitrogen and oxygen atoms in total. The summed E-state index contributed by atoms with van der Waals surface area (Å²) in [5.74, 6) is 3.06. The minimum Gasteiger partial charge on any atom is -0.497 e. The quantitative estimate of drug-likeness (QED) is 0.758. The van der Waals surface area contributed by atoms with Gasteiger partial charge in [0.1, 0.15) is 28.8 Å². The molecule has 0 aliphatic rings. The van der Waals surface area contributed by atoms with Crippen LogP contribution in [0.25, 0.3) is 11.0 Å². The molecule has 3 rings (SSSR count). The molecule has 2 aromatic heterocycles. The van der Waals surface area contributed by atoms with Gasteiger partial charge in [-0.2, -0.15) is 0 Å². The van der Waals surface area contributed by atoms with E-state index in [1.165, 1.54) is 0 Å². The van der Waals surface area contributed by atoms with Gasteiger partial charge < -0.3 is 19.8 Å². The molecule has 0 aliphatic heterocycles. The van der Waals surface area contributed by atoms with Crippen LogP contribution in [0.1, 0.15) is 11.4 Å². The molecule has 3 aromatic rings. The highest BCUT2D eigenvalue weighted by Crippen LogP contribution is 2.24. The molecule has 0 radical (unpaired) electrons. The molecule has 0 bridgehead atoms. The molecule has 1 aromatic carbocycles. The summed E-state index contributed by atoms with van der Waals surface area (Å²) in [5.41, 5.74) is 1.88. The fourth-order valence-electron chi connectivity index (χ4n) is 2.34. The number of nitrogens with one attached hydrogen (secondary N) is 2. The molecule has 114 valence electrons. The van der Waals surface area contributed by atoms with Crippen molar-refractivity contribution in [3.8, 4) is 11.5 Å². The molecule has 22 heavy (non-hydrogen) atoms. The zero-order valence-corrected chi connectivity index (χ0v) is 12.8. The third kappa shape index (κ3) is 2.81. The lowest BCUT2D eigenvalue weighted by atomic mass is 10.2. The Bertz CT molecular complexity index is 776. The first-order valence-corrected chi connectivity index (χ1v) is 6.97. The molecule has 0 saturated carbocycles. The summed E-state index contributed by atoms with van der Waals surface area (Å²) in [4.78, 5) is 11.9. The average Bonchev–Trinajstić information content (AvgIpc) is 3.00. The number of aromatic nitrogens is 3. The largest absolute Gasteiger partial charge is 0.497 e. The molecule has 2 heterocycles. The van der Waals surface area contributed by atoms with E-state index in [9.17, 15) is 0 Å². The van der Waals surface area contributed by atoms with E-state index < -0.39 is 0 Å². The van der Waals surface area contributed by atoms with Gasteiger partial charge in [0, 0.05) is 18.8 Å². The number of methoxy groups -OCH3 is 2. The molecule has 0 saturated heterocycles. The second-order valence-electron chi connectivity index (χ2n) is 4.93.